The lowest BCUT2D eigenvalue weighted by Crippen LogP contribution is -1.89. The molecule has 15 heavy (non-hydrogen) atoms. The molecule has 5 N–H and O–H groups in total. The number of hydrogen-bond donors (Lipinski definition) is 5. The zero-order chi connectivity index (χ0) is 13.1. The van der Waals surface area contributed by atoms with E-state index in [1.807, 2.05) is 13.8 Å². The van der Waals surface area contributed by atoms with Gasteiger partial charge < -0.3 is 19.4 Å². The van der Waals surface area contributed by atoms with Crippen LogP contribution in [0.3, 0.4) is 0 Å². The van der Waals surface area contributed by atoms with Crippen LogP contribution >= 0.6 is 7.82 Å². The van der Waals surface area contributed by atoms with Gasteiger partial charge >= 0.3 is 18.2 Å². The molecule has 9 nitrogen and oxygen atoms in total. The fourth-order valence-electron chi connectivity index (χ4n) is 0.204. The molecule has 0 rings (SSSR count). The molecule has 0 fully saturated rings. The van der Waals surface area contributed by atoms with Gasteiger partial charge in [0, 0.05) is 13.2 Å². The second-order valence-electron chi connectivity index (χ2n) is 1.74. The predicted molar refractivity (Wildman–Crippen MR) is 50.6 cm³/mol. The van der Waals surface area contributed by atoms with Crippen molar-refractivity contribution in [1.82, 2.24) is 0 Å². The van der Waals surface area contributed by atoms with Crippen molar-refractivity contribution in [3.63, 3.8) is 0 Å². The van der Waals surface area contributed by atoms with Crippen LogP contribution in [0.2, 0.25) is 0 Å². The van der Waals surface area contributed by atoms with Gasteiger partial charge in [0.15, 0.2) is 0 Å². The average Bonchev–Trinajstić information content (AvgIpc) is 1.80. The zero-order valence-corrected chi connectivity index (χ0v) is 9.85. The Morgan fingerprint density at radius 3 is 1.20 bits per heavy atom. The molecule has 0 aliphatic heterocycles. The van der Waals surface area contributed by atoms with E-state index in [-0.39, 0.29) is 0 Å². The van der Waals surface area contributed by atoms with Gasteiger partial charge in [-0.2, -0.15) is 8.42 Å². The molecule has 0 heterocycles. The minimum atomic E-state index is -4.67. The van der Waals surface area contributed by atoms with E-state index in [1.54, 1.807) is 0 Å². The summed E-state index contributed by atoms with van der Waals surface area (Å²) < 4.78 is 45.3. The molecular weight excluding hydrogens is 255 g/mol. The topological polar surface area (TPSA) is 162 Å². The van der Waals surface area contributed by atoms with E-state index in [2.05, 4.69) is 0 Å². The molecule has 0 radical (unpaired) electrons. The van der Waals surface area contributed by atoms with Crippen LogP contribution in [-0.4, -0.2) is 45.4 Å². The van der Waals surface area contributed by atoms with E-state index < -0.39 is 18.2 Å². The van der Waals surface area contributed by atoms with Gasteiger partial charge in [-0.3, -0.25) is 9.11 Å². The summed E-state index contributed by atoms with van der Waals surface area (Å²) >= 11 is 0. The van der Waals surface area contributed by atoms with Crippen LogP contribution in [0.1, 0.15) is 13.8 Å². The molecule has 0 aromatic carbocycles. The molecule has 11 heteroatoms. The highest BCUT2D eigenvalue weighted by Crippen LogP contribution is 2.25. The maximum Gasteiger partial charge on any atom is 0.466 e. The third-order valence-electron chi connectivity index (χ3n) is 0.408. The Labute approximate surface area is 87.5 Å². The summed E-state index contributed by atoms with van der Waals surface area (Å²) in [6.45, 7) is 5.67. The maximum atomic E-state index is 8.88. The van der Waals surface area contributed by atoms with Crippen molar-refractivity contribution in [2.24, 2.45) is 0 Å². The molecule has 0 spiro atoms. The van der Waals surface area contributed by atoms with Crippen LogP contribution in [0, 0.1) is 0 Å². The lowest BCUT2D eigenvalue weighted by atomic mass is 10.8. The van der Waals surface area contributed by atoms with Crippen LogP contribution in [-0.2, 0) is 19.7 Å². The van der Waals surface area contributed by atoms with Gasteiger partial charge in [-0.05, 0) is 13.8 Å². The summed E-state index contributed by atoms with van der Waals surface area (Å²) in [5.41, 5.74) is 0. The van der Waals surface area contributed by atoms with E-state index in [0.29, 0.717) is 0 Å². The van der Waals surface area contributed by atoms with Crippen LogP contribution < -0.4 is 0 Å². The van der Waals surface area contributed by atoms with Crippen LogP contribution in [0.15, 0.2) is 0 Å². The average molecular weight is 270 g/mol. The molecule has 0 aliphatic carbocycles. The standard InChI is InChI=1S/C4H10O.H3O4P.H2O4S/c1-3-5-4-2;2*1-5(2,3)4/h3-4H2,1-2H3;(H3,1,2,3,4);(H2,1,2,3,4). The van der Waals surface area contributed by atoms with Crippen LogP contribution in [0.4, 0.5) is 0 Å². The van der Waals surface area contributed by atoms with E-state index in [0.717, 1.165) is 13.2 Å². The summed E-state index contributed by atoms with van der Waals surface area (Å²) in [5.74, 6) is 0. The van der Waals surface area contributed by atoms with Gasteiger partial charge in [0.2, 0.25) is 0 Å². The number of hydrogen-bond acceptors (Lipinski definition) is 4. The van der Waals surface area contributed by atoms with E-state index in [1.165, 1.54) is 0 Å². The van der Waals surface area contributed by atoms with Crippen LogP contribution in [0.25, 0.3) is 0 Å². The predicted octanol–water partition coefficient (Wildman–Crippen LogP) is -0.539. The van der Waals surface area contributed by atoms with Crippen molar-refractivity contribution < 1.29 is 41.5 Å². The van der Waals surface area contributed by atoms with Gasteiger partial charge in [-0.15, -0.1) is 0 Å². The first-order valence-electron chi connectivity index (χ1n) is 3.47. The fraction of sp³-hybridized carbons (Fsp3) is 1.00. The molecule has 96 valence electrons. The Morgan fingerprint density at radius 1 is 1.07 bits per heavy atom. The maximum absolute atomic E-state index is 8.88. The first kappa shape index (κ1) is 20.4. The van der Waals surface area contributed by atoms with Crippen molar-refractivity contribution >= 4 is 18.2 Å². The Hall–Kier alpha value is -0.0600. The fourth-order valence-corrected chi connectivity index (χ4v) is 0.204. The molecule has 0 bridgehead atoms. The lowest BCUT2D eigenvalue weighted by molar-refractivity contribution is 0.162. The van der Waals surface area contributed by atoms with Gasteiger partial charge in [-0.25, -0.2) is 4.57 Å². The minimum absolute atomic E-state index is 0.844. The summed E-state index contributed by atoms with van der Waals surface area (Å²) in [7, 11) is -9.31. The quantitative estimate of drug-likeness (QED) is 0.327. The number of ether oxygens (including phenoxy) is 1. The van der Waals surface area contributed by atoms with Crippen molar-refractivity contribution in [3.05, 3.63) is 0 Å². The molecule has 0 saturated heterocycles. The molecule has 0 saturated carbocycles. The summed E-state index contributed by atoms with van der Waals surface area (Å²) in [4.78, 5) is 21.6. The zero-order valence-electron chi connectivity index (χ0n) is 8.14. The van der Waals surface area contributed by atoms with Gasteiger partial charge in [0.05, 0.1) is 0 Å². The van der Waals surface area contributed by atoms with Gasteiger partial charge in [0.1, 0.15) is 0 Å². The van der Waals surface area contributed by atoms with Crippen molar-refractivity contribution in [2.75, 3.05) is 13.2 Å². The Balaban J connectivity index is -0.000000144. The number of phosphoric acid groups is 1. The summed E-state index contributed by atoms with van der Waals surface area (Å²) in [6, 6.07) is 0. The summed E-state index contributed by atoms with van der Waals surface area (Å²) in [6.07, 6.45) is 0. The Kier molecular flexibility index (Phi) is 14.2. The molecule has 0 aliphatic rings. The largest absolute Gasteiger partial charge is 0.466 e. The van der Waals surface area contributed by atoms with Crippen molar-refractivity contribution in [1.29, 1.82) is 0 Å². The Bertz CT molecular complexity index is 235. The van der Waals surface area contributed by atoms with E-state index in [9.17, 15) is 0 Å². The van der Waals surface area contributed by atoms with E-state index in [4.69, 9.17) is 41.5 Å². The molecule has 0 amide bonds. The van der Waals surface area contributed by atoms with Crippen molar-refractivity contribution in [2.45, 2.75) is 13.8 Å². The SMILES string of the molecule is CCOCC.O=P(O)(O)O.O=S(=O)(O)O. The minimum Gasteiger partial charge on any atom is -0.382 e. The second kappa shape index (κ2) is 10.5. The van der Waals surface area contributed by atoms with Crippen molar-refractivity contribution in [3.8, 4) is 0 Å². The molecule has 0 aromatic heterocycles. The summed E-state index contributed by atoms with van der Waals surface area (Å²) in [5, 5.41) is 0. The first-order chi connectivity index (χ1) is 6.41. The molecule has 0 aromatic rings. The molecular formula is C4H15O9PS. The second-order valence-corrected chi connectivity index (χ2v) is 3.66. The van der Waals surface area contributed by atoms with E-state index >= 15 is 0 Å². The van der Waals surface area contributed by atoms with Crippen LogP contribution in [0.5, 0.6) is 0 Å². The third-order valence-corrected chi connectivity index (χ3v) is 0.408. The normalized spacial score (nSPS) is 10.6. The highest BCUT2D eigenvalue weighted by atomic mass is 32.3. The highest BCUT2D eigenvalue weighted by Gasteiger charge is 2.00. The third kappa shape index (κ3) is 528. The van der Waals surface area contributed by atoms with Gasteiger partial charge in [-0.1, -0.05) is 0 Å². The van der Waals surface area contributed by atoms with Gasteiger partial charge in [0.25, 0.3) is 0 Å². The first-order valence-corrected chi connectivity index (χ1v) is 6.43. The number of rotatable bonds is 2. The Morgan fingerprint density at radius 2 is 1.20 bits per heavy atom. The highest BCUT2D eigenvalue weighted by molar-refractivity contribution is 7.79. The monoisotopic (exact) mass is 270 g/mol. The smallest absolute Gasteiger partial charge is 0.382 e. The molecule has 0 atom stereocenters. The lowest BCUT2D eigenvalue weighted by Gasteiger charge is -1.86. The molecule has 0 unspecified atom stereocenters.